The van der Waals surface area contributed by atoms with E-state index in [-0.39, 0.29) is 11.5 Å². The van der Waals surface area contributed by atoms with Gasteiger partial charge in [-0.1, -0.05) is 30.3 Å². The first-order chi connectivity index (χ1) is 15.6. The smallest absolute Gasteiger partial charge is 0.266 e. The van der Waals surface area contributed by atoms with E-state index in [0.29, 0.717) is 18.9 Å². The van der Waals surface area contributed by atoms with Crippen molar-refractivity contribution < 1.29 is 9.53 Å². The summed E-state index contributed by atoms with van der Waals surface area (Å²) in [6, 6.07) is 21.1. The maximum Gasteiger partial charge on any atom is 0.266 e. The van der Waals surface area contributed by atoms with Crippen LogP contribution < -0.4 is 10.3 Å². The second kappa shape index (κ2) is 10.3. The number of methoxy groups -OCH3 is 1. The average Bonchev–Trinajstić information content (AvgIpc) is 2.85. The van der Waals surface area contributed by atoms with Crippen molar-refractivity contribution in [3.63, 3.8) is 0 Å². The van der Waals surface area contributed by atoms with Crippen molar-refractivity contribution in [2.24, 2.45) is 5.92 Å². The number of ether oxygens (including phenoxy) is 1. The van der Waals surface area contributed by atoms with E-state index in [2.05, 4.69) is 17.2 Å². The largest absolute Gasteiger partial charge is 0.497 e. The van der Waals surface area contributed by atoms with Crippen molar-refractivity contribution in [2.45, 2.75) is 32.2 Å². The number of piperidine rings is 1. The van der Waals surface area contributed by atoms with Gasteiger partial charge in [-0.15, -0.1) is 0 Å². The van der Waals surface area contributed by atoms with Crippen molar-refractivity contribution in [2.75, 3.05) is 20.2 Å². The van der Waals surface area contributed by atoms with Gasteiger partial charge in [0.25, 0.3) is 5.56 Å². The van der Waals surface area contributed by atoms with Gasteiger partial charge in [0.15, 0.2) is 0 Å². The number of hydrogen-bond acceptors (Lipinski definition) is 4. The van der Waals surface area contributed by atoms with Crippen LogP contribution in [0.3, 0.4) is 0 Å². The first-order valence-electron chi connectivity index (χ1n) is 11.2. The molecule has 1 fully saturated rings. The van der Waals surface area contributed by atoms with E-state index in [4.69, 9.17) is 4.74 Å². The van der Waals surface area contributed by atoms with Crippen LogP contribution >= 0.6 is 0 Å². The molecule has 1 aliphatic rings. The summed E-state index contributed by atoms with van der Waals surface area (Å²) < 4.78 is 6.77. The number of amides is 1. The van der Waals surface area contributed by atoms with Crippen molar-refractivity contribution in [1.29, 1.82) is 0 Å². The zero-order valence-corrected chi connectivity index (χ0v) is 18.4. The molecule has 1 aliphatic heterocycles. The summed E-state index contributed by atoms with van der Waals surface area (Å²) in [6.45, 7) is 2.06. The predicted octanol–water partition coefficient (Wildman–Crippen LogP) is 3.79. The highest BCUT2D eigenvalue weighted by Crippen LogP contribution is 2.22. The standard InChI is InChI=1S/C26H29N3O3/c1-32-23-10-8-22(9-11-23)24-12-14-26(31)29(27-24)19-21-15-17-28(18-16-21)25(30)13-7-20-5-3-2-4-6-20/h2-6,8-12,14,21H,7,13,15-19H2,1H3. The monoisotopic (exact) mass is 431 g/mol. The van der Waals surface area contributed by atoms with Gasteiger partial charge in [0.1, 0.15) is 5.75 Å². The molecule has 32 heavy (non-hydrogen) atoms. The Bertz CT molecular complexity index is 1090. The molecule has 0 aliphatic carbocycles. The number of rotatable bonds is 7. The third kappa shape index (κ3) is 5.44. The minimum absolute atomic E-state index is 0.0939. The molecule has 2 aromatic carbocycles. The van der Waals surface area contributed by atoms with Gasteiger partial charge in [0, 0.05) is 37.7 Å². The molecule has 2 heterocycles. The van der Waals surface area contributed by atoms with Crippen LogP contribution in [0.4, 0.5) is 0 Å². The molecule has 1 aromatic heterocycles. The number of nitrogens with zero attached hydrogens (tertiary/aromatic N) is 3. The third-order valence-corrected chi connectivity index (χ3v) is 6.12. The normalized spacial score (nSPS) is 14.3. The van der Waals surface area contributed by atoms with Crippen LogP contribution in [0.5, 0.6) is 5.75 Å². The van der Waals surface area contributed by atoms with E-state index in [1.165, 1.54) is 5.56 Å². The summed E-state index contributed by atoms with van der Waals surface area (Å²) in [7, 11) is 1.63. The summed E-state index contributed by atoms with van der Waals surface area (Å²) in [5, 5.41) is 4.59. The fourth-order valence-corrected chi connectivity index (χ4v) is 4.16. The number of aryl methyl sites for hydroxylation is 1. The molecule has 4 rings (SSSR count). The van der Waals surface area contributed by atoms with Crippen molar-refractivity contribution in [3.8, 4) is 17.0 Å². The summed E-state index contributed by atoms with van der Waals surface area (Å²) in [6.07, 6.45) is 3.09. The minimum Gasteiger partial charge on any atom is -0.497 e. The highest BCUT2D eigenvalue weighted by atomic mass is 16.5. The van der Waals surface area contributed by atoms with Gasteiger partial charge in [-0.3, -0.25) is 9.59 Å². The fraction of sp³-hybridized carbons (Fsp3) is 0.346. The SMILES string of the molecule is COc1ccc(-c2ccc(=O)n(CC3CCN(C(=O)CCc4ccccc4)CC3)n2)cc1. The van der Waals surface area contributed by atoms with E-state index in [0.717, 1.165) is 49.4 Å². The van der Waals surface area contributed by atoms with Gasteiger partial charge >= 0.3 is 0 Å². The maximum atomic E-state index is 12.6. The van der Waals surface area contributed by atoms with Gasteiger partial charge in [0.05, 0.1) is 12.8 Å². The lowest BCUT2D eigenvalue weighted by Gasteiger charge is -2.32. The molecule has 0 radical (unpaired) electrons. The molecule has 6 nitrogen and oxygen atoms in total. The van der Waals surface area contributed by atoms with E-state index in [1.807, 2.05) is 47.4 Å². The van der Waals surface area contributed by atoms with Crippen LogP contribution in [0.2, 0.25) is 0 Å². The number of carbonyl (C=O) groups is 1. The second-order valence-corrected chi connectivity index (χ2v) is 8.28. The fourth-order valence-electron chi connectivity index (χ4n) is 4.16. The Morgan fingerprint density at radius 1 is 1.00 bits per heavy atom. The molecule has 3 aromatic rings. The Morgan fingerprint density at radius 3 is 2.41 bits per heavy atom. The van der Waals surface area contributed by atoms with Crippen LogP contribution in [0, 0.1) is 5.92 Å². The van der Waals surface area contributed by atoms with Gasteiger partial charge in [-0.05, 0) is 61.1 Å². The number of benzene rings is 2. The zero-order valence-electron chi connectivity index (χ0n) is 18.4. The molecule has 0 atom stereocenters. The third-order valence-electron chi connectivity index (χ3n) is 6.12. The summed E-state index contributed by atoms with van der Waals surface area (Å²) in [5.74, 6) is 1.33. The molecule has 0 spiro atoms. The summed E-state index contributed by atoms with van der Waals surface area (Å²) in [4.78, 5) is 26.9. The summed E-state index contributed by atoms with van der Waals surface area (Å²) in [5.41, 5.74) is 2.81. The van der Waals surface area contributed by atoms with Crippen LogP contribution in [0.15, 0.2) is 71.5 Å². The van der Waals surface area contributed by atoms with E-state index < -0.39 is 0 Å². The lowest BCUT2D eigenvalue weighted by atomic mass is 9.96. The van der Waals surface area contributed by atoms with Crippen molar-refractivity contribution in [3.05, 3.63) is 82.6 Å². The highest BCUT2D eigenvalue weighted by Gasteiger charge is 2.23. The van der Waals surface area contributed by atoms with Crippen LogP contribution in [0.1, 0.15) is 24.8 Å². The molecule has 0 saturated carbocycles. The molecule has 6 heteroatoms. The van der Waals surface area contributed by atoms with Crippen LogP contribution in [-0.2, 0) is 17.8 Å². The lowest BCUT2D eigenvalue weighted by molar-refractivity contribution is -0.132. The molecule has 0 N–H and O–H groups in total. The quantitative estimate of drug-likeness (QED) is 0.571. The van der Waals surface area contributed by atoms with Crippen LogP contribution in [-0.4, -0.2) is 40.8 Å². The van der Waals surface area contributed by atoms with Gasteiger partial charge in [-0.25, -0.2) is 4.68 Å². The molecule has 1 amide bonds. The highest BCUT2D eigenvalue weighted by molar-refractivity contribution is 5.76. The maximum absolute atomic E-state index is 12.6. The van der Waals surface area contributed by atoms with E-state index in [9.17, 15) is 9.59 Å². The molecular weight excluding hydrogens is 402 g/mol. The van der Waals surface area contributed by atoms with Crippen molar-refractivity contribution >= 4 is 5.91 Å². The van der Waals surface area contributed by atoms with E-state index in [1.54, 1.807) is 23.9 Å². The molecular formula is C26H29N3O3. The number of likely N-dealkylation sites (tertiary alicyclic amines) is 1. The first-order valence-corrected chi connectivity index (χ1v) is 11.2. The average molecular weight is 432 g/mol. The first kappa shape index (κ1) is 21.8. The van der Waals surface area contributed by atoms with Crippen molar-refractivity contribution in [1.82, 2.24) is 14.7 Å². The van der Waals surface area contributed by atoms with Gasteiger partial charge in [0.2, 0.25) is 5.91 Å². The topological polar surface area (TPSA) is 64.4 Å². The van der Waals surface area contributed by atoms with Crippen LogP contribution in [0.25, 0.3) is 11.3 Å². The number of hydrogen-bond donors (Lipinski definition) is 0. The van der Waals surface area contributed by atoms with Gasteiger partial charge < -0.3 is 9.64 Å². The Hall–Kier alpha value is -3.41. The molecule has 166 valence electrons. The lowest BCUT2D eigenvalue weighted by Crippen LogP contribution is -2.40. The Morgan fingerprint density at radius 2 is 1.72 bits per heavy atom. The number of carbonyl (C=O) groups excluding carboxylic acids is 1. The van der Waals surface area contributed by atoms with E-state index >= 15 is 0 Å². The molecule has 0 unspecified atom stereocenters. The molecule has 1 saturated heterocycles. The summed E-state index contributed by atoms with van der Waals surface area (Å²) >= 11 is 0. The predicted molar refractivity (Wildman–Crippen MR) is 125 cm³/mol. The zero-order chi connectivity index (χ0) is 22.3. The second-order valence-electron chi connectivity index (χ2n) is 8.28. The Kier molecular flexibility index (Phi) is 7.00. The molecule has 0 bridgehead atoms. The Labute approximate surface area is 188 Å². The van der Waals surface area contributed by atoms with Gasteiger partial charge in [-0.2, -0.15) is 5.10 Å². The minimum atomic E-state index is -0.0939. The Balaban J connectivity index is 1.32. The number of aromatic nitrogens is 2.